The fraction of sp³-hybridized carbons (Fsp3) is 1.00. The Kier molecular flexibility index (Phi) is 7.14. The van der Waals surface area contributed by atoms with Crippen molar-refractivity contribution in [3.8, 4) is 0 Å². The molecule has 2 rings (SSSR count). The molecule has 0 aliphatic carbocycles. The fourth-order valence-corrected chi connectivity index (χ4v) is 3.22. The molecule has 0 spiro atoms. The number of fused-ring (bicyclic) bond motifs is 1. The second-order valence-corrected chi connectivity index (χ2v) is 5.79. The number of nitrogens with one attached hydrogen (secondary N) is 1. The molecule has 1 atom stereocenters. The first-order valence-electron chi connectivity index (χ1n) is 8.15. The summed E-state index contributed by atoms with van der Waals surface area (Å²) < 4.78 is 5.33. The highest BCUT2D eigenvalue weighted by Gasteiger charge is 2.29. The van der Waals surface area contributed by atoms with Crippen LogP contribution in [-0.2, 0) is 4.74 Å². The number of piperazine rings is 1. The van der Waals surface area contributed by atoms with Gasteiger partial charge in [-0.05, 0) is 45.7 Å². The van der Waals surface area contributed by atoms with Gasteiger partial charge in [0.15, 0.2) is 0 Å². The molecule has 0 aromatic heterocycles. The molecule has 2 aliphatic heterocycles. The lowest BCUT2D eigenvalue weighted by molar-refractivity contribution is 0.105. The van der Waals surface area contributed by atoms with Crippen LogP contribution in [0, 0.1) is 0 Å². The maximum atomic E-state index is 5.33. The lowest BCUT2D eigenvalue weighted by atomic mass is 10.1. The lowest BCUT2D eigenvalue weighted by Crippen LogP contribution is -2.51. The zero-order valence-corrected chi connectivity index (χ0v) is 12.6. The molecule has 0 bridgehead atoms. The zero-order valence-electron chi connectivity index (χ0n) is 12.6. The Hall–Kier alpha value is -0.160. The standard InChI is InChI=1S/C15H31N3O/c1-2-19-13-4-3-7-16-8-10-17-11-12-18-9-5-6-15(18)14-17/h15-16H,2-14H2,1H3. The van der Waals surface area contributed by atoms with E-state index in [1.165, 1.54) is 58.4 Å². The number of nitrogens with zero attached hydrogens (tertiary/aromatic N) is 2. The minimum Gasteiger partial charge on any atom is -0.382 e. The molecule has 19 heavy (non-hydrogen) atoms. The van der Waals surface area contributed by atoms with Crippen LogP contribution in [0.15, 0.2) is 0 Å². The molecule has 0 amide bonds. The summed E-state index contributed by atoms with van der Waals surface area (Å²) in [5.74, 6) is 0. The highest BCUT2D eigenvalue weighted by molar-refractivity contribution is 4.86. The van der Waals surface area contributed by atoms with Gasteiger partial charge in [-0.25, -0.2) is 0 Å². The van der Waals surface area contributed by atoms with Gasteiger partial charge in [0.1, 0.15) is 0 Å². The monoisotopic (exact) mass is 269 g/mol. The summed E-state index contributed by atoms with van der Waals surface area (Å²) in [6.45, 7) is 12.5. The van der Waals surface area contributed by atoms with E-state index in [0.717, 1.165) is 32.3 Å². The van der Waals surface area contributed by atoms with E-state index in [4.69, 9.17) is 4.74 Å². The average molecular weight is 269 g/mol. The maximum Gasteiger partial charge on any atom is 0.0466 e. The Labute approximate surface area is 118 Å². The lowest BCUT2D eigenvalue weighted by Gasteiger charge is -2.37. The molecule has 0 saturated carbocycles. The van der Waals surface area contributed by atoms with E-state index in [1.54, 1.807) is 0 Å². The third-order valence-corrected chi connectivity index (χ3v) is 4.37. The molecule has 4 heteroatoms. The molecule has 2 fully saturated rings. The predicted molar refractivity (Wildman–Crippen MR) is 79.6 cm³/mol. The van der Waals surface area contributed by atoms with Crippen LogP contribution >= 0.6 is 0 Å². The van der Waals surface area contributed by atoms with Gasteiger partial charge in [-0.2, -0.15) is 0 Å². The summed E-state index contributed by atoms with van der Waals surface area (Å²) in [6.07, 6.45) is 5.25. The number of hydrogen-bond donors (Lipinski definition) is 1. The SMILES string of the molecule is CCOCCCCNCCN1CCN2CCCC2C1. The van der Waals surface area contributed by atoms with Crippen molar-refractivity contribution in [3.63, 3.8) is 0 Å². The Balaban J connectivity index is 1.43. The van der Waals surface area contributed by atoms with Gasteiger partial charge in [0.25, 0.3) is 0 Å². The van der Waals surface area contributed by atoms with Crippen LogP contribution in [0.3, 0.4) is 0 Å². The second-order valence-electron chi connectivity index (χ2n) is 5.79. The van der Waals surface area contributed by atoms with Gasteiger partial charge in [-0.3, -0.25) is 9.80 Å². The van der Waals surface area contributed by atoms with Crippen LogP contribution in [0.2, 0.25) is 0 Å². The van der Waals surface area contributed by atoms with Crippen molar-refractivity contribution in [1.29, 1.82) is 0 Å². The zero-order chi connectivity index (χ0) is 13.3. The van der Waals surface area contributed by atoms with E-state index >= 15 is 0 Å². The average Bonchev–Trinajstić information content (AvgIpc) is 2.89. The normalized spacial score (nSPS) is 24.8. The van der Waals surface area contributed by atoms with Crippen LogP contribution < -0.4 is 5.32 Å². The molecule has 0 radical (unpaired) electrons. The van der Waals surface area contributed by atoms with Crippen molar-refractivity contribution in [3.05, 3.63) is 0 Å². The summed E-state index contributed by atoms with van der Waals surface area (Å²) in [5, 5.41) is 3.56. The van der Waals surface area contributed by atoms with Crippen molar-refractivity contribution >= 4 is 0 Å². The highest BCUT2D eigenvalue weighted by atomic mass is 16.5. The van der Waals surface area contributed by atoms with Gasteiger partial charge in [0.2, 0.25) is 0 Å². The van der Waals surface area contributed by atoms with E-state index < -0.39 is 0 Å². The molecule has 112 valence electrons. The van der Waals surface area contributed by atoms with Crippen molar-refractivity contribution in [2.24, 2.45) is 0 Å². The molecule has 2 aliphatic rings. The fourth-order valence-electron chi connectivity index (χ4n) is 3.22. The Morgan fingerprint density at radius 1 is 1.16 bits per heavy atom. The second kappa shape index (κ2) is 8.90. The molecule has 2 saturated heterocycles. The van der Waals surface area contributed by atoms with Crippen LogP contribution in [0.5, 0.6) is 0 Å². The van der Waals surface area contributed by atoms with Gasteiger partial charge < -0.3 is 10.1 Å². The molecule has 4 nitrogen and oxygen atoms in total. The van der Waals surface area contributed by atoms with Crippen LogP contribution in [0.1, 0.15) is 32.6 Å². The summed E-state index contributed by atoms with van der Waals surface area (Å²) >= 11 is 0. The maximum absolute atomic E-state index is 5.33. The summed E-state index contributed by atoms with van der Waals surface area (Å²) in [5.41, 5.74) is 0. The first-order valence-corrected chi connectivity index (χ1v) is 8.15. The van der Waals surface area contributed by atoms with Crippen LogP contribution in [0.4, 0.5) is 0 Å². The van der Waals surface area contributed by atoms with E-state index in [-0.39, 0.29) is 0 Å². The van der Waals surface area contributed by atoms with E-state index in [2.05, 4.69) is 22.0 Å². The minimum atomic E-state index is 0.848. The Morgan fingerprint density at radius 2 is 2.11 bits per heavy atom. The molecular formula is C15H31N3O. The number of ether oxygens (including phenoxy) is 1. The summed E-state index contributed by atoms with van der Waals surface area (Å²) in [6, 6.07) is 0.861. The largest absolute Gasteiger partial charge is 0.382 e. The first-order chi connectivity index (χ1) is 9.40. The molecule has 0 aromatic rings. The minimum absolute atomic E-state index is 0.848. The number of unbranched alkanes of at least 4 members (excludes halogenated alkanes) is 1. The van der Waals surface area contributed by atoms with Gasteiger partial charge >= 0.3 is 0 Å². The topological polar surface area (TPSA) is 27.7 Å². The smallest absolute Gasteiger partial charge is 0.0466 e. The number of hydrogen-bond acceptors (Lipinski definition) is 4. The van der Waals surface area contributed by atoms with Gasteiger partial charge in [-0.1, -0.05) is 0 Å². The third kappa shape index (κ3) is 5.38. The van der Waals surface area contributed by atoms with E-state index in [0.29, 0.717) is 0 Å². The number of rotatable bonds is 9. The van der Waals surface area contributed by atoms with Gasteiger partial charge in [0, 0.05) is 52.0 Å². The van der Waals surface area contributed by atoms with Gasteiger partial charge in [0.05, 0.1) is 0 Å². The molecule has 2 heterocycles. The third-order valence-electron chi connectivity index (χ3n) is 4.37. The van der Waals surface area contributed by atoms with Crippen LogP contribution in [-0.4, -0.2) is 74.9 Å². The quantitative estimate of drug-likeness (QED) is 0.636. The molecule has 1 N–H and O–H groups in total. The van der Waals surface area contributed by atoms with E-state index in [1.807, 2.05) is 0 Å². The predicted octanol–water partition coefficient (Wildman–Crippen LogP) is 1.17. The molecule has 0 aromatic carbocycles. The van der Waals surface area contributed by atoms with Crippen LogP contribution in [0.25, 0.3) is 0 Å². The first kappa shape index (κ1) is 15.2. The van der Waals surface area contributed by atoms with Crippen molar-refractivity contribution in [2.45, 2.75) is 38.6 Å². The highest BCUT2D eigenvalue weighted by Crippen LogP contribution is 2.20. The molecule has 1 unspecified atom stereocenters. The summed E-state index contributed by atoms with van der Waals surface area (Å²) in [4.78, 5) is 5.32. The van der Waals surface area contributed by atoms with Crippen molar-refractivity contribution in [2.75, 3.05) is 59.0 Å². The van der Waals surface area contributed by atoms with Crippen molar-refractivity contribution < 1.29 is 4.74 Å². The molecular weight excluding hydrogens is 238 g/mol. The Bertz CT molecular complexity index is 237. The summed E-state index contributed by atoms with van der Waals surface area (Å²) in [7, 11) is 0. The van der Waals surface area contributed by atoms with Crippen molar-refractivity contribution in [1.82, 2.24) is 15.1 Å². The Morgan fingerprint density at radius 3 is 3.00 bits per heavy atom. The van der Waals surface area contributed by atoms with Gasteiger partial charge in [-0.15, -0.1) is 0 Å². The van der Waals surface area contributed by atoms with E-state index in [9.17, 15) is 0 Å².